The highest BCUT2D eigenvalue weighted by Crippen LogP contribution is 1.96. The molecule has 1 rings (SSSR count). The maximum absolute atomic E-state index is 4.19. The smallest absolute Gasteiger partial charge is 0.141 e. The Morgan fingerprint density at radius 3 is 2.91 bits per heavy atom. The first-order valence-corrected chi connectivity index (χ1v) is 3.58. The molecule has 0 aliphatic heterocycles. The molecule has 0 spiro atoms. The summed E-state index contributed by atoms with van der Waals surface area (Å²) >= 11 is 0. The van der Waals surface area contributed by atoms with Crippen LogP contribution in [0.3, 0.4) is 0 Å². The lowest BCUT2D eigenvalue weighted by atomic mass is 10.5. The van der Waals surface area contributed by atoms with Gasteiger partial charge in [0.1, 0.15) is 5.82 Å². The van der Waals surface area contributed by atoms with Crippen molar-refractivity contribution in [2.75, 3.05) is 26.6 Å². The molecule has 0 fully saturated rings. The Morgan fingerprint density at radius 1 is 1.64 bits per heavy atom. The Balaban J connectivity index is 2.68. The Kier molecular flexibility index (Phi) is 2.48. The van der Waals surface area contributed by atoms with E-state index in [1.807, 2.05) is 32.0 Å². The van der Waals surface area contributed by atoms with Gasteiger partial charge in [-0.3, -0.25) is 4.68 Å². The van der Waals surface area contributed by atoms with Gasteiger partial charge in [0.05, 0.1) is 6.54 Å². The average molecular weight is 154 g/mol. The van der Waals surface area contributed by atoms with Crippen LogP contribution in [-0.2, 0) is 6.54 Å². The van der Waals surface area contributed by atoms with Gasteiger partial charge in [0, 0.05) is 19.4 Å². The zero-order chi connectivity index (χ0) is 8.27. The van der Waals surface area contributed by atoms with Gasteiger partial charge in [-0.1, -0.05) is 0 Å². The van der Waals surface area contributed by atoms with E-state index in [4.69, 9.17) is 0 Å². The number of rotatable bonds is 3. The topological polar surface area (TPSA) is 33.1 Å². The molecule has 0 saturated carbocycles. The SMILES string of the molecule is CNn1ccnc1CN(C)C. The van der Waals surface area contributed by atoms with Crippen LogP contribution in [0.1, 0.15) is 5.82 Å². The van der Waals surface area contributed by atoms with E-state index in [0.29, 0.717) is 0 Å². The molecule has 0 saturated heterocycles. The summed E-state index contributed by atoms with van der Waals surface area (Å²) in [5.74, 6) is 1.03. The maximum atomic E-state index is 4.19. The molecule has 0 aromatic carbocycles. The van der Waals surface area contributed by atoms with Crippen molar-refractivity contribution in [3.63, 3.8) is 0 Å². The van der Waals surface area contributed by atoms with Gasteiger partial charge in [0.2, 0.25) is 0 Å². The molecular formula is C7H14N4. The van der Waals surface area contributed by atoms with Crippen molar-refractivity contribution in [2.24, 2.45) is 0 Å². The Bertz CT molecular complexity index is 216. The second-order valence-electron chi connectivity index (χ2n) is 2.67. The van der Waals surface area contributed by atoms with Crippen molar-refractivity contribution in [3.8, 4) is 0 Å². The molecule has 11 heavy (non-hydrogen) atoms. The van der Waals surface area contributed by atoms with Crippen LogP contribution in [0.15, 0.2) is 12.4 Å². The summed E-state index contributed by atoms with van der Waals surface area (Å²) in [7, 11) is 5.92. The molecule has 0 radical (unpaired) electrons. The van der Waals surface area contributed by atoms with E-state index in [9.17, 15) is 0 Å². The summed E-state index contributed by atoms with van der Waals surface area (Å²) in [6.07, 6.45) is 3.69. The van der Waals surface area contributed by atoms with Crippen LogP contribution < -0.4 is 5.43 Å². The normalized spacial score (nSPS) is 10.5. The lowest BCUT2D eigenvalue weighted by Gasteiger charge is -2.10. The van der Waals surface area contributed by atoms with E-state index in [2.05, 4.69) is 15.3 Å². The van der Waals surface area contributed by atoms with Crippen molar-refractivity contribution in [1.29, 1.82) is 0 Å². The van der Waals surface area contributed by atoms with Gasteiger partial charge in [-0.2, -0.15) is 0 Å². The summed E-state index contributed by atoms with van der Waals surface area (Å²) in [5, 5.41) is 0. The third-order valence-corrected chi connectivity index (χ3v) is 1.42. The number of hydrogen-bond donors (Lipinski definition) is 1. The minimum absolute atomic E-state index is 0.855. The van der Waals surface area contributed by atoms with Crippen molar-refractivity contribution in [1.82, 2.24) is 14.6 Å². The van der Waals surface area contributed by atoms with E-state index in [1.54, 1.807) is 6.20 Å². The van der Waals surface area contributed by atoms with Gasteiger partial charge in [-0.05, 0) is 14.1 Å². The van der Waals surface area contributed by atoms with E-state index >= 15 is 0 Å². The number of hydrogen-bond acceptors (Lipinski definition) is 3. The Hall–Kier alpha value is -1.03. The highest BCUT2D eigenvalue weighted by molar-refractivity contribution is 4.93. The minimum Gasteiger partial charge on any atom is -0.328 e. The van der Waals surface area contributed by atoms with Gasteiger partial charge >= 0.3 is 0 Å². The molecule has 62 valence electrons. The van der Waals surface area contributed by atoms with Crippen LogP contribution in [0, 0.1) is 0 Å². The third-order valence-electron chi connectivity index (χ3n) is 1.42. The monoisotopic (exact) mass is 154 g/mol. The van der Waals surface area contributed by atoms with Gasteiger partial charge in [-0.25, -0.2) is 4.98 Å². The lowest BCUT2D eigenvalue weighted by Crippen LogP contribution is -2.18. The molecule has 0 atom stereocenters. The van der Waals surface area contributed by atoms with Crippen LogP contribution >= 0.6 is 0 Å². The molecule has 0 bridgehead atoms. The molecule has 1 aromatic heterocycles. The summed E-state index contributed by atoms with van der Waals surface area (Å²) in [6, 6.07) is 0. The second kappa shape index (κ2) is 3.39. The van der Waals surface area contributed by atoms with Crippen LogP contribution in [0.5, 0.6) is 0 Å². The zero-order valence-electron chi connectivity index (χ0n) is 7.20. The molecule has 1 N–H and O–H groups in total. The van der Waals surface area contributed by atoms with Gasteiger partial charge in [-0.15, -0.1) is 0 Å². The fourth-order valence-electron chi connectivity index (χ4n) is 0.938. The van der Waals surface area contributed by atoms with Crippen LogP contribution in [0.4, 0.5) is 0 Å². The summed E-state index contributed by atoms with van der Waals surface area (Å²) in [5.41, 5.74) is 3.01. The van der Waals surface area contributed by atoms with E-state index in [-0.39, 0.29) is 0 Å². The fraction of sp³-hybridized carbons (Fsp3) is 0.571. The predicted octanol–water partition coefficient (Wildman–Crippen LogP) is 0.118. The van der Waals surface area contributed by atoms with Gasteiger partial charge < -0.3 is 10.3 Å². The van der Waals surface area contributed by atoms with E-state index < -0.39 is 0 Å². The highest BCUT2D eigenvalue weighted by Gasteiger charge is 2.00. The molecule has 0 aliphatic rings. The van der Waals surface area contributed by atoms with Gasteiger partial charge in [0.15, 0.2) is 0 Å². The largest absolute Gasteiger partial charge is 0.328 e. The molecule has 0 unspecified atom stereocenters. The number of nitrogens with one attached hydrogen (secondary N) is 1. The highest BCUT2D eigenvalue weighted by atomic mass is 15.4. The number of imidazole rings is 1. The molecule has 0 aliphatic carbocycles. The number of nitrogens with zero attached hydrogens (tertiary/aromatic N) is 3. The van der Waals surface area contributed by atoms with Gasteiger partial charge in [0.25, 0.3) is 0 Å². The van der Waals surface area contributed by atoms with E-state index in [0.717, 1.165) is 12.4 Å². The molecule has 1 heterocycles. The van der Waals surface area contributed by atoms with Crippen molar-refractivity contribution in [3.05, 3.63) is 18.2 Å². The number of aromatic nitrogens is 2. The van der Waals surface area contributed by atoms with Crippen LogP contribution in [-0.4, -0.2) is 35.7 Å². The average Bonchev–Trinajstić information content (AvgIpc) is 2.34. The van der Waals surface area contributed by atoms with E-state index in [1.165, 1.54) is 0 Å². The zero-order valence-corrected chi connectivity index (χ0v) is 7.20. The first-order valence-electron chi connectivity index (χ1n) is 3.58. The minimum atomic E-state index is 0.855. The summed E-state index contributed by atoms with van der Waals surface area (Å²) < 4.78 is 1.90. The predicted molar refractivity (Wildman–Crippen MR) is 44.9 cm³/mol. The first-order chi connectivity index (χ1) is 5.24. The summed E-state index contributed by atoms with van der Waals surface area (Å²) in [4.78, 5) is 6.27. The molecular weight excluding hydrogens is 140 g/mol. The maximum Gasteiger partial charge on any atom is 0.141 e. The molecule has 4 nitrogen and oxygen atoms in total. The summed E-state index contributed by atoms with van der Waals surface area (Å²) in [6.45, 7) is 0.855. The second-order valence-corrected chi connectivity index (χ2v) is 2.67. The molecule has 4 heteroatoms. The Morgan fingerprint density at radius 2 is 2.36 bits per heavy atom. The third kappa shape index (κ3) is 1.94. The van der Waals surface area contributed by atoms with Crippen LogP contribution in [0.2, 0.25) is 0 Å². The van der Waals surface area contributed by atoms with Crippen molar-refractivity contribution >= 4 is 0 Å². The Labute approximate surface area is 66.8 Å². The first kappa shape index (κ1) is 8.07. The molecule has 1 aromatic rings. The van der Waals surface area contributed by atoms with Crippen molar-refractivity contribution in [2.45, 2.75) is 6.54 Å². The standard InChI is InChI=1S/C7H14N4/c1-8-11-5-4-9-7(11)6-10(2)3/h4-5,8H,6H2,1-3H3. The fourth-order valence-corrected chi connectivity index (χ4v) is 0.938. The lowest BCUT2D eigenvalue weighted by molar-refractivity contribution is 0.385. The van der Waals surface area contributed by atoms with Crippen LogP contribution in [0.25, 0.3) is 0 Å². The quantitative estimate of drug-likeness (QED) is 0.671. The van der Waals surface area contributed by atoms with Crippen molar-refractivity contribution < 1.29 is 0 Å². The molecule has 0 amide bonds.